The fourth-order valence-corrected chi connectivity index (χ4v) is 2.12. The molecule has 0 bridgehead atoms. The number of anilines is 1. The zero-order valence-corrected chi connectivity index (χ0v) is 11.0. The smallest absolute Gasteiger partial charge is 0.414 e. The summed E-state index contributed by atoms with van der Waals surface area (Å²) in [4.78, 5) is 12.9. The Morgan fingerprint density at radius 2 is 2.05 bits per heavy atom. The number of phenolic OH excluding ortho intramolecular Hbond substituents is 1. The molecule has 0 saturated carbocycles. The van der Waals surface area contributed by atoms with Crippen LogP contribution in [0.3, 0.4) is 0 Å². The number of cyclic esters (lactones) is 1. The van der Waals surface area contributed by atoms with Crippen LogP contribution >= 0.6 is 0 Å². The van der Waals surface area contributed by atoms with Crippen molar-refractivity contribution in [1.82, 2.24) is 0 Å². The molecule has 19 heavy (non-hydrogen) atoms. The van der Waals surface area contributed by atoms with Crippen molar-refractivity contribution in [2.75, 3.05) is 24.4 Å². The van der Waals surface area contributed by atoms with Crippen LogP contribution in [-0.2, 0) is 19.0 Å². The number of carbonyl (C=O) groups excluding carboxylic acids is 1. The fourth-order valence-electron chi connectivity index (χ4n) is 1.71. The number of benzene rings is 1. The average Bonchev–Trinajstić information content (AvgIpc) is 2.68. The Morgan fingerprint density at radius 3 is 2.63 bits per heavy atom. The van der Waals surface area contributed by atoms with Crippen LogP contribution in [0.4, 0.5) is 10.5 Å². The van der Waals surface area contributed by atoms with Gasteiger partial charge in [0.15, 0.2) is 0 Å². The van der Waals surface area contributed by atoms with Crippen molar-refractivity contribution >= 4 is 21.9 Å². The zero-order valence-electron chi connectivity index (χ0n) is 10.1. The largest absolute Gasteiger partial charge is 0.508 e. The Kier molecular flexibility index (Phi) is 3.63. The van der Waals surface area contributed by atoms with Crippen LogP contribution in [0.5, 0.6) is 5.75 Å². The lowest BCUT2D eigenvalue weighted by atomic mass is 10.2. The van der Waals surface area contributed by atoms with Crippen molar-refractivity contribution in [3.63, 3.8) is 0 Å². The van der Waals surface area contributed by atoms with Gasteiger partial charge in [0.2, 0.25) is 0 Å². The van der Waals surface area contributed by atoms with Gasteiger partial charge >= 0.3 is 6.09 Å². The highest BCUT2D eigenvalue weighted by Gasteiger charge is 2.35. The molecular formula is C11H13NO6S. The fraction of sp³-hybridized carbons (Fsp3) is 0.364. The van der Waals surface area contributed by atoms with Gasteiger partial charge in [-0.2, -0.15) is 8.42 Å². The van der Waals surface area contributed by atoms with Gasteiger partial charge in [0.25, 0.3) is 10.1 Å². The number of hydrogen-bond donors (Lipinski definition) is 1. The van der Waals surface area contributed by atoms with Crippen LogP contribution in [0.15, 0.2) is 24.3 Å². The lowest BCUT2D eigenvalue weighted by Crippen LogP contribution is -2.37. The Labute approximate surface area is 110 Å². The third kappa shape index (κ3) is 3.36. The first kappa shape index (κ1) is 13.6. The van der Waals surface area contributed by atoms with Gasteiger partial charge in [-0.25, -0.2) is 4.79 Å². The van der Waals surface area contributed by atoms with Gasteiger partial charge in [0.1, 0.15) is 12.4 Å². The number of carbonyl (C=O) groups is 1. The number of ether oxygens (including phenoxy) is 1. The maximum Gasteiger partial charge on any atom is 0.414 e. The van der Waals surface area contributed by atoms with E-state index >= 15 is 0 Å². The maximum atomic E-state index is 11.6. The quantitative estimate of drug-likeness (QED) is 0.819. The highest BCUT2D eigenvalue weighted by molar-refractivity contribution is 7.85. The first-order chi connectivity index (χ1) is 8.87. The molecule has 1 aliphatic heterocycles. The molecule has 0 aliphatic carbocycles. The molecule has 1 aromatic rings. The van der Waals surface area contributed by atoms with Crippen LogP contribution in [-0.4, -0.2) is 45.1 Å². The van der Waals surface area contributed by atoms with E-state index < -0.39 is 22.3 Å². The number of hydrogen-bond acceptors (Lipinski definition) is 6. The normalized spacial score (nSPS) is 19.5. The van der Waals surface area contributed by atoms with Crippen molar-refractivity contribution in [1.29, 1.82) is 0 Å². The number of phenols is 1. The molecular weight excluding hydrogens is 274 g/mol. The van der Waals surface area contributed by atoms with E-state index in [9.17, 15) is 18.3 Å². The lowest BCUT2D eigenvalue weighted by molar-refractivity contribution is 0.175. The summed E-state index contributed by atoms with van der Waals surface area (Å²) in [7, 11) is -3.57. The molecule has 1 atom stereocenters. The van der Waals surface area contributed by atoms with Crippen LogP contribution in [0.25, 0.3) is 0 Å². The highest BCUT2D eigenvalue weighted by Crippen LogP contribution is 2.25. The first-order valence-electron chi connectivity index (χ1n) is 5.46. The predicted molar refractivity (Wildman–Crippen MR) is 66.5 cm³/mol. The molecule has 7 nitrogen and oxygen atoms in total. The molecule has 1 aromatic carbocycles. The van der Waals surface area contributed by atoms with E-state index in [0.29, 0.717) is 5.69 Å². The molecule has 0 aromatic heterocycles. The SMILES string of the molecule is CS(=O)(=O)OC[C@@H]1COC(=O)N1c1ccc(O)cc1. The topological polar surface area (TPSA) is 93.1 Å². The van der Waals surface area contributed by atoms with Crippen LogP contribution in [0, 0.1) is 0 Å². The second-order valence-electron chi connectivity index (χ2n) is 4.11. The molecule has 104 valence electrons. The third-order valence-corrected chi connectivity index (χ3v) is 3.13. The van der Waals surface area contributed by atoms with Gasteiger partial charge in [0.05, 0.1) is 18.9 Å². The van der Waals surface area contributed by atoms with Gasteiger partial charge in [0, 0.05) is 5.69 Å². The summed E-state index contributed by atoms with van der Waals surface area (Å²) in [5.74, 6) is 0.0697. The Morgan fingerprint density at radius 1 is 1.42 bits per heavy atom. The van der Waals surface area contributed by atoms with Gasteiger partial charge in [-0.05, 0) is 24.3 Å². The monoisotopic (exact) mass is 287 g/mol. The molecule has 2 rings (SSSR count). The van der Waals surface area contributed by atoms with E-state index in [2.05, 4.69) is 4.18 Å². The second kappa shape index (κ2) is 5.06. The van der Waals surface area contributed by atoms with Gasteiger partial charge in [-0.1, -0.05) is 0 Å². The van der Waals surface area contributed by atoms with Crippen molar-refractivity contribution in [2.45, 2.75) is 6.04 Å². The van der Waals surface area contributed by atoms with Gasteiger partial charge in [-0.3, -0.25) is 9.08 Å². The van der Waals surface area contributed by atoms with Crippen LogP contribution in [0.2, 0.25) is 0 Å². The zero-order chi connectivity index (χ0) is 14.0. The Balaban J connectivity index is 2.16. The minimum Gasteiger partial charge on any atom is -0.508 e. The van der Waals surface area contributed by atoms with E-state index in [4.69, 9.17) is 4.74 Å². The summed E-state index contributed by atoms with van der Waals surface area (Å²) < 4.78 is 31.5. The van der Waals surface area contributed by atoms with Gasteiger partial charge in [-0.15, -0.1) is 0 Å². The summed E-state index contributed by atoms with van der Waals surface area (Å²) in [5, 5.41) is 9.20. The maximum absolute atomic E-state index is 11.6. The third-order valence-electron chi connectivity index (χ3n) is 2.56. The summed E-state index contributed by atoms with van der Waals surface area (Å²) in [6, 6.07) is 5.40. The lowest BCUT2D eigenvalue weighted by Gasteiger charge is -2.20. The second-order valence-corrected chi connectivity index (χ2v) is 5.75. The van der Waals surface area contributed by atoms with Crippen LogP contribution in [0.1, 0.15) is 0 Å². The average molecular weight is 287 g/mol. The first-order valence-corrected chi connectivity index (χ1v) is 7.28. The Hall–Kier alpha value is -1.80. The minimum atomic E-state index is -3.57. The van der Waals surface area contributed by atoms with Crippen molar-refractivity contribution in [3.8, 4) is 5.75 Å². The van der Waals surface area contributed by atoms with E-state index in [1.807, 2.05) is 0 Å². The molecule has 1 heterocycles. The molecule has 0 spiro atoms. The van der Waals surface area contributed by atoms with Crippen LogP contribution < -0.4 is 4.90 Å². The summed E-state index contributed by atoms with van der Waals surface area (Å²) in [6.45, 7) is -0.124. The van der Waals surface area contributed by atoms with Crippen molar-refractivity contribution in [2.24, 2.45) is 0 Å². The van der Waals surface area contributed by atoms with E-state index in [0.717, 1.165) is 6.26 Å². The van der Waals surface area contributed by atoms with Crippen molar-refractivity contribution < 1.29 is 27.2 Å². The van der Waals surface area contributed by atoms with Gasteiger partial charge < -0.3 is 9.84 Å². The summed E-state index contributed by atoms with van der Waals surface area (Å²) in [5.41, 5.74) is 0.502. The summed E-state index contributed by atoms with van der Waals surface area (Å²) in [6.07, 6.45) is 0.364. The minimum absolute atomic E-state index is 0.0508. The summed E-state index contributed by atoms with van der Waals surface area (Å²) >= 11 is 0. The van der Waals surface area contributed by atoms with E-state index in [1.54, 1.807) is 0 Å². The molecule has 1 aliphatic rings. The number of aromatic hydroxyl groups is 1. The molecule has 0 unspecified atom stereocenters. The number of nitrogens with zero attached hydrogens (tertiary/aromatic N) is 1. The predicted octanol–water partition coefficient (Wildman–Crippen LogP) is 0.694. The Bertz CT molecular complexity index is 567. The van der Waals surface area contributed by atoms with E-state index in [-0.39, 0.29) is 19.0 Å². The molecule has 1 saturated heterocycles. The molecule has 1 fully saturated rings. The molecule has 1 N–H and O–H groups in total. The molecule has 0 radical (unpaired) electrons. The van der Waals surface area contributed by atoms with E-state index in [1.165, 1.54) is 29.2 Å². The number of rotatable bonds is 4. The standard InChI is InChI=1S/C11H13NO6S/c1-19(15,16)18-7-9-6-17-11(14)12(9)8-2-4-10(13)5-3-8/h2-5,9,13H,6-7H2,1H3/t9-/m0/s1. The molecule has 8 heteroatoms. The number of amides is 1. The molecule has 1 amide bonds. The van der Waals surface area contributed by atoms with Crippen molar-refractivity contribution in [3.05, 3.63) is 24.3 Å². The highest BCUT2D eigenvalue weighted by atomic mass is 32.2.